The number of pyridine rings is 1. The van der Waals surface area contributed by atoms with E-state index in [1.165, 1.54) is 0 Å². The average Bonchev–Trinajstić information content (AvgIpc) is 3.10. The standard InChI is InChI=1S/C22H33N5O3/c1-13(2)26-19-9-17(14(3)10-24-19)16-8-18(23-12-16)20(28)27-15(4)11-25-21(29)30-22(5,6)7/h8-10,12-13,15,23H,11H2,1-7H3,(H,24,26)(H,25,29)(H,27,28)/t15-/m0/s1. The first-order chi connectivity index (χ1) is 13.9. The number of aromatic amines is 1. The van der Waals surface area contributed by atoms with Gasteiger partial charge in [0.25, 0.3) is 5.91 Å². The van der Waals surface area contributed by atoms with Crippen molar-refractivity contribution >= 4 is 17.8 Å². The van der Waals surface area contributed by atoms with Gasteiger partial charge in [-0.2, -0.15) is 0 Å². The Bertz CT molecular complexity index is 883. The van der Waals surface area contributed by atoms with Gasteiger partial charge < -0.3 is 25.7 Å². The van der Waals surface area contributed by atoms with Gasteiger partial charge in [0.2, 0.25) is 0 Å². The van der Waals surface area contributed by atoms with Crippen LogP contribution in [0.5, 0.6) is 0 Å². The van der Waals surface area contributed by atoms with E-state index in [0.717, 1.165) is 22.5 Å². The second-order valence-corrected chi connectivity index (χ2v) is 8.74. The van der Waals surface area contributed by atoms with Crippen LogP contribution in [0.15, 0.2) is 24.5 Å². The number of hydrogen-bond donors (Lipinski definition) is 4. The summed E-state index contributed by atoms with van der Waals surface area (Å²) < 4.78 is 5.20. The molecule has 0 aliphatic carbocycles. The maximum absolute atomic E-state index is 12.6. The normalized spacial score (nSPS) is 12.4. The van der Waals surface area contributed by atoms with Crippen LogP contribution in [0.1, 0.15) is 57.6 Å². The first-order valence-corrected chi connectivity index (χ1v) is 10.1. The van der Waals surface area contributed by atoms with E-state index in [9.17, 15) is 9.59 Å². The number of rotatable bonds is 7. The van der Waals surface area contributed by atoms with Crippen LogP contribution in [0.3, 0.4) is 0 Å². The van der Waals surface area contributed by atoms with Gasteiger partial charge in [-0.25, -0.2) is 9.78 Å². The van der Waals surface area contributed by atoms with Gasteiger partial charge in [-0.1, -0.05) is 0 Å². The minimum atomic E-state index is -0.563. The lowest BCUT2D eigenvalue weighted by Crippen LogP contribution is -2.43. The Balaban J connectivity index is 1.99. The Morgan fingerprint density at radius 2 is 1.90 bits per heavy atom. The molecule has 0 saturated carbocycles. The summed E-state index contributed by atoms with van der Waals surface area (Å²) in [5.74, 6) is 0.548. The Hall–Kier alpha value is -3.03. The van der Waals surface area contributed by atoms with Gasteiger partial charge in [-0.15, -0.1) is 0 Å². The molecule has 2 aromatic rings. The van der Waals surface area contributed by atoms with E-state index in [2.05, 4.69) is 39.8 Å². The number of aryl methyl sites for hydroxylation is 1. The SMILES string of the molecule is Cc1cnc(NC(C)C)cc1-c1c[nH]c(C(=O)N[C@@H](C)CNC(=O)OC(C)(C)C)c1. The molecule has 8 nitrogen and oxygen atoms in total. The molecule has 0 fully saturated rings. The van der Waals surface area contributed by atoms with Crippen molar-refractivity contribution in [2.24, 2.45) is 0 Å². The van der Waals surface area contributed by atoms with Gasteiger partial charge in [0.05, 0.1) is 0 Å². The van der Waals surface area contributed by atoms with Gasteiger partial charge in [0, 0.05) is 36.6 Å². The lowest BCUT2D eigenvalue weighted by Gasteiger charge is -2.21. The highest BCUT2D eigenvalue weighted by molar-refractivity contribution is 5.94. The highest BCUT2D eigenvalue weighted by Crippen LogP contribution is 2.26. The third kappa shape index (κ3) is 7.09. The first kappa shape index (κ1) is 23.3. The molecular formula is C22H33N5O3. The van der Waals surface area contributed by atoms with Crippen molar-refractivity contribution < 1.29 is 14.3 Å². The maximum Gasteiger partial charge on any atom is 0.407 e. The van der Waals surface area contributed by atoms with Crippen molar-refractivity contribution in [3.05, 3.63) is 35.8 Å². The van der Waals surface area contributed by atoms with Gasteiger partial charge >= 0.3 is 6.09 Å². The smallest absolute Gasteiger partial charge is 0.407 e. The van der Waals surface area contributed by atoms with Crippen molar-refractivity contribution in [3.63, 3.8) is 0 Å². The molecule has 0 aliphatic heterocycles. The van der Waals surface area contributed by atoms with E-state index in [-0.39, 0.29) is 24.5 Å². The number of anilines is 1. The molecule has 0 unspecified atom stereocenters. The Kier molecular flexibility index (Phi) is 7.48. The third-order valence-electron chi connectivity index (χ3n) is 4.11. The highest BCUT2D eigenvalue weighted by atomic mass is 16.6. The minimum Gasteiger partial charge on any atom is -0.444 e. The summed E-state index contributed by atoms with van der Waals surface area (Å²) in [6.45, 7) is 13.6. The fraction of sp³-hybridized carbons (Fsp3) is 0.500. The Labute approximate surface area is 178 Å². The molecule has 8 heteroatoms. The van der Waals surface area contributed by atoms with Gasteiger partial charge in [0.15, 0.2) is 0 Å². The predicted molar refractivity (Wildman–Crippen MR) is 119 cm³/mol. The first-order valence-electron chi connectivity index (χ1n) is 10.1. The monoisotopic (exact) mass is 415 g/mol. The Morgan fingerprint density at radius 1 is 1.20 bits per heavy atom. The van der Waals surface area contributed by atoms with Crippen molar-refractivity contribution in [2.75, 3.05) is 11.9 Å². The topological polar surface area (TPSA) is 108 Å². The van der Waals surface area contributed by atoms with Crippen LogP contribution in [0.25, 0.3) is 11.1 Å². The number of amides is 2. The zero-order valence-corrected chi connectivity index (χ0v) is 18.8. The number of alkyl carbamates (subject to hydrolysis) is 1. The molecule has 164 valence electrons. The summed E-state index contributed by atoms with van der Waals surface area (Å²) in [5.41, 5.74) is 2.82. The Morgan fingerprint density at radius 3 is 2.53 bits per heavy atom. The zero-order valence-electron chi connectivity index (χ0n) is 18.8. The van der Waals surface area contributed by atoms with Crippen LogP contribution < -0.4 is 16.0 Å². The predicted octanol–water partition coefficient (Wildman–Crippen LogP) is 3.85. The van der Waals surface area contributed by atoms with Crippen LogP contribution in [0.4, 0.5) is 10.6 Å². The average molecular weight is 416 g/mol. The fourth-order valence-electron chi connectivity index (χ4n) is 2.79. The summed E-state index contributed by atoms with van der Waals surface area (Å²) in [6.07, 6.45) is 3.11. The summed E-state index contributed by atoms with van der Waals surface area (Å²) in [5, 5.41) is 8.81. The molecule has 4 N–H and O–H groups in total. The molecule has 2 heterocycles. The molecule has 30 heavy (non-hydrogen) atoms. The van der Waals surface area contributed by atoms with E-state index in [1.54, 1.807) is 27.0 Å². The zero-order chi connectivity index (χ0) is 22.5. The summed E-state index contributed by atoms with van der Waals surface area (Å²) in [4.78, 5) is 31.7. The fourth-order valence-corrected chi connectivity index (χ4v) is 2.79. The molecule has 0 radical (unpaired) electrons. The van der Waals surface area contributed by atoms with E-state index in [1.807, 2.05) is 32.2 Å². The van der Waals surface area contributed by atoms with E-state index in [0.29, 0.717) is 5.69 Å². The van der Waals surface area contributed by atoms with Crippen LogP contribution >= 0.6 is 0 Å². The lowest BCUT2D eigenvalue weighted by atomic mass is 10.1. The maximum atomic E-state index is 12.6. The highest BCUT2D eigenvalue weighted by Gasteiger charge is 2.18. The van der Waals surface area contributed by atoms with Gasteiger partial charge in [-0.05, 0) is 71.7 Å². The number of hydrogen-bond acceptors (Lipinski definition) is 5. The molecule has 0 aromatic carbocycles. The lowest BCUT2D eigenvalue weighted by molar-refractivity contribution is 0.0521. The van der Waals surface area contributed by atoms with E-state index in [4.69, 9.17) is 4.74 Å². The number of carbonyl (C=O) groups excluding carboxylic acids is 2. The number of nitrogens with zero attached hydrogens (tertiary/aromatic N) is 1. The number of ether oxygens (including phenoxy) is 1. The van der Waals surface area contributed by atoms with Crippen LogP contribution in [-0.2, 0) is 4.74 Å². The second kappa shape index (κ2) is 9.65. The number of nitrogens with one attached hydrogen (secondary N) is 4. The van der Waals surface area contributed by atoms with E-state index >= 15 is 0 Å². The van der Waals surface area contributed by atoms with Crippen LogP contribution in [-0.4, -0.2) is 46.2 Å². The molecule has 2 aromatic heterocycles. The third-order valence-corrected chi connectivity index (χ3v) is 4.11. The molecule has 2 amide bonds. The summed E-state index contributed by atoms with van der Waals surface area (Å²) in [6, 6.07) is 3.80. The molecule has 0 saturated heterocycles. The minimum absolute atomic E-state index is 0.244. The van der Waals surface area contributed by atoms with E-state index < -0.39 is 11.7 Å². The molecule has 0 aliphatic rings. The number of carbonyl (C=O) groups is 2. The second-order valence-electron chi connectivity index (χ2n) is 8.74. The molecule has 1 atom stereocenters. The molecule has 2 rings (SSSR count). The van der Waals surface area contributed by atoms with Crippen molar-refractivity contribution in [3.8, 4) is 11.1 Å². The van der Waals surface area contributed by atoms with Crippen molar-refractivity contribution in [2.45, 2.75) is 66.2 Å². The van der Waals surface area contributed by atoms with Crippen LogP contribution in [0.2, 0.25) is 0 Å². The summed E-state index contributed by atoms with van der Waals surface area (Å²) >= 11 is 0. The van der Waals surface area contributed by atoms with Crippen LogP contribution in [0, 0.1) is 6.92 Å². The quantitative estimate of drug-likeness (QED) is 0.549. The summed E-state index contributed by atoms with van der Waals surface area (Å²) in [7, 11) is 0. The van der Waals surface area contributed by atoms with Gasteiger partial charge in [-0.3, -0.25) is 4.79 Å². The molecule has 0 bridgehead atoms. The molecule has 0 spiro atoms. The number of aromatic nitrogens is 2. The number of H-pyrrole nitrogens is 1. The largest absolute Gasteiger partial charge is 0.444 e. The molecular weight excluding hydrogens is 382 g/mol. The van der Waals surface area contributed by atoms with Gasteiger partial charge in [0.1, 0.15) is 17.1 Å². The van der Waals surface area contributed by atoms with Crippen molar-refractivity contribution in [1.82, 2.24) is 20.6 Å². The van der Waals surface area contributed by atoms with Crippen molar-refractivity contribution in [1.29, 1.82) is 0 Å².